The molecule has 10 heteroatoms. The molecule has 1 heterocycles. The summed E-state index contributed by atoms with van der Waals surface area (Å²) >= 11 is 0. The van der Waals surface area contributed by atoms with E-state index >= 15 is 0 Å². The second-order valence-corrected chi connectivity index (χ2v) is 8.72. The largest absolute Gasteiger partial charge is 0.322 e. The summed E-state index contributed by atoms with van der Waals surface area (Å²) in [5.74, 6) is -1.71. The van der Waals surface area contributed by atoms with Gasteiger partial charge in [0.25, 0.3) is 15.9 Å². The monoisotopic (exact) mass is 441 g/mol. The molecule has 1 amide bonds. The van der Waals surface area contributed by atoms with Crippen LogP contribution in [0.5, 0.6) is 0 Å². The first-order valence-electron chi connectivity index (χ1n) is 9.23. The predicted octanol–water partition coefficient (Wildman–Crippen LogP) is 3.74. The van der Waals surface area contributed by atoms with Crippen LogP contribution in [0.15, 0.2) is 71.6 Å². The summed E-state index contributed by atoms with van der Waals surface area (Å²) in [5.41, 5.74) is 0.816. The first kappa shape index (κ1) is 20.5. The number of halogens is 1. The average molecular weight is 441 g/mol. The summed E-state index contributed by atoms with van der Waals surface area (Å²) in [6, 6.07) is 15.7. The van der Waals surface area contributed by atoms with Gasteiger partial charge in [-0.05, 0) is 48.4 Å². The molecule has 0 aromatic heterocycles. The number of para-hydroxylation sites is 1. The Balaban J connectivity index is 1.61. The zero-order valence-electron chi connectivity index (χ0n) is 16.0. The van der Waals surface area contributed by atoms with Crippen molar-refractivity contribution in [2.75, 3.05) is 16.2 Å². The smallest absolute Gasteiger partial charge is 0.306 e. The van der Waals surface area contributed by atoms with Crippen molar-refractivity contribution in [3.63, 3.8) is 0 Å². The van der Waals surface area contributed by atoms with Crippen LogP contribution >= 0.6 is 0 Å². The fourth-order valence-corrected chi connectivity index (χ4v) is 4.97. The zero-order valence-corrected chi connectivity index (χ0v) is 16.8. The Kier molecular flexibility index (Phi) is 5.15. The molecule has 0 atom stereocenters. The Hall–Kier alpha value is -3.79. The Morgan fingerprint density at radius 1 is 1.06 bits per heavy atom. The van der Waals surface area contributed by atoms with Gasteiger partial charge in [-0.15, -0.1) is 0 Å². The summed E-state index contributed by atoms with van der Waals surface area (Å²) in [4.78, 5) is 22.5. The van der Waals surface area contributed by atoms with Crippen LogP contribution in [0.2, 0.25) is 0 Å². The standard InChI is InChI=1S/C21H16FN3O5S/c22-18-9-8-16(13-20(18)25(27)28)23-21(26)15-5-3-6-17(12-15)31(29,30)24-11-10-14-4-1-2-7-19(14)24/h1-9,12-13H,10-11H2,(H,23,26). The molecule has 4 rings (SSSR count). The SMILES string of the molecule is O=C(Nc1ccc(F)c([N+](=O)[O-])c1)c1cccc(S(=O)(=O)N2CCc3ccccc32)c1. The summed E-state index contributed by atoms with van der Waals surface area (Å²) in [7, 11) is -3.89. The van der Waals surface area contributed by atoms with Crippen molar-refractivity contribution in [3.05, 3.63) is 93.8 Å². The van der Waals surface area contributed by atoms with Crippen LogP contribution < -0.4 is 9.62 Å². The maximum absolute atomic E-state index is 13.5. The van der Waals surface area contributed by atoms with Gasteiger partial charge in [-0.25, -0.2) is 8.42 Å². The molecule has 158 valence electrons. The van der Waals surface area contributed by atoms with Gasteiger partial charge < -0.3 is 5.32 Å². The van der Waals surface area contributed by atoms with Crippen molar-refractivity contribution in [2.45, 2.75) is 11.3 Å². The number of nitro groups is 1. The van der Waals surface area contributed by atoms with Crippen LogP contribution in [0, 0.1) is 15.9 Å². The minimum atomic E-state index is -3.89. The molecule has 1 N–H and O–H groups in total. The van der Waals surface area contributed by atoms with Gasteiger partial charge in [0, 0.05) is 23.9 Å². The zero-order chi connectivity index (χ0) is 22.2. The molecule has 1 aliphatic rings. The lowest BCUT2D eigenvalue weighted by atomic mass is 10.2. The fourth-order valence-electron chi connectivity index (χ4n) is 3.42. The number of fused-ring (bicyclic) bond motifs is 1. The summed E-state index contributed by atoms with van der Waals surface area (Å²) in [6.07, 6.45) is 0.596. The molecule has 3 aromatic carbocycles. The third-order valence-electron chi connectivity index (χ3n) is 4.93. The van der Waals surface area contributed by atoms with Crippen molar-refractivity contribution in [1.82, 2.24) is 0 Å². The number of nitrogens with zero attached hydrogens (tertiary/aromatic N) is 2. The molecular formula is C21H16FN3O5S. The number of carbonyl (C=O) groups is 1. The number of sulfonamides is 1. The van der Waals surface area contributed by atoms with Crippen molar-refractivity contribution in [3.8, 4) is 0 Å². The van der Waals surface area contributed by atoms with Gasteiger partial charge >= 0.3 is 5.69 Å². The summed E-state index contributed by atoms with van der Waals surface area (Å²) in [5, 5.41) is 13.3. The van der Waals surface area contributed by atoms with Gasteiger partial charge in [0.05, 0.1) is 15.5 Å². The van der Waals surface area contributed by atoms with Gasteiger partial charge in [0.2, 0.25) is 5.82 Å². The topological polar surface area (TPSA) is 110 Å². The molecule has 0 spiro atoms. The number of nitrogens with one attached hydrogen (secondary N) is 1. The molecule has 0 saturated carbocycles. The molecule has 0 aliphatic carbocycles. The number of rotatable bonds is 5. The molecule has 3 aromatic rings. The maximum Gasteiger partial charge on any atom is 0.306 e. The van der Waals surface area contributed by atoms with Crippen LogP contribution in [0.25, 0.3) is 0 Å². The second kappa shape index (κ2) is 7.80. The molecule has 0 bridgehead atoms. The molecule has 0 fully saturated rings. The Labute approximate surface area is 177 Å². The van der Waals surface area contributed by atoms with Crippen LogP contribution in [0.1, 0.15) is 15.9 Å². The van der Waals surface area contributed by atoms with E-state index in [1.54, 1.807) is 12.1 Å². The third kappa shape index (κ3) is 3.84. The Morgan fingerprint density at radius 3 is 2.61 bits per heavy atom. The van der Waals surface area contributed by atoms with Crippen LogP contribution in [-0.4, -0.2) is 25.8 Å². The number of amides is 1. The number of anilines is 2. The number of hydrogen-bond acceptors (Lipinski definition) is 5. The lowest BCUT2D eigenvalue weighted by Crippen LogP contribution is -2.29. The van der Waals surface area contributed by atoms with Crippen molar-refractivity contribution in [2.24, 2.45) is 0 Å². The second-order valence-electron chi connectivity index (χ2n) is 6.86. The van der Waals surface area contributed by atoms with E-state index in [9.17, 15) is 27.7 Å². The maximum atomic E-state index is 13.5. The number of hydrogen-bond donors (Lipinski definition) is 1. The van der Waals surface area contributed by atoms with Gasteiger partial charge in [0.1, 0.15) is 0 Å². The molecule has 1 aliphatic heterocycles. The van der Waals surface area contributed by atoms with E-state index in [1.165, 1.54) is 34.6 Å². The lowest BCUT2D eigenvalue weighted by molar-refractivity contribution is -0.387. The van der Waals surface area contributed by atoms with Gasteiger partial charge in [-0.2, -0.15) is 4.39 Å². The van der Waals surface area contributed by atoms with E-state index in [4.69, 9.17) is 0 Å². The summed E-state index contributed by atoms with van der Waals surface area (Å²) < 4.78 is 41.1. The van der Waals surface area contributed by atoms with E-state index in [-0.39, 0.29) is 16.1 Å². The molecule has 0 unspecified atom stereocenters. The number of nitro benzene ring substituents is 1. The van der Waals surface area contributed by atoms with Crippen molar-refractivity contribution >= 4 is 33.0 Å². The van der Waals surface area contributed by atoms with Crippen molar-refractivity contribution < 1.29 is 22.5 Å². The molecule has 31 heavy (non-hydrogen) atoms. The molecule has 8 nitrogen and oxygen atoms in total. The van der Waals surface area contributed by atoms with Gasteiger partial charge in [-0.1, -0.05) is 24.3 Å². The highest BCUT2D eigenvalue weighted by atomic mass is 32.2. The first-order chi connectivity index (χ1) is 14.8. The number of benzene rings is 3. The third-order valence-corrected chi connectivity index (χ3v) is 6.74. The fraction of sp³-hybridized carbons (Fsp3) is 0.0952. The highest BCUT2D eigenvalue weighted by Gasteiger charge is 2.31. The van der Waals surface area contributed by atoms with Gasteiger partial charge in [-0.3, -0.25) is 19.2 Å². The minimum Gasteiger partial charge on any atom is -0.322 e. The van der Waals surface area contributed by atoms with E-state index < -0.39 is 32.4 Å². The van der Waals surface area contributed by atoms with Crippen LogP contribution in [0.3, 0.4) is 0 Å². The normalized spacial score (nSPS) is 13.0. The van der Waals surface area contributed by atoms with E-state index in [0.717, 1.165) is 17.7 Å². The van der Waals surface area contributed by atoms with E-state index in [1.807, 2.05) is 12.1 Å². The average Bonchev–Trinajstić information content (AvgIpc) is 3.20. The number of carbonyl (C=O) groups excluding carboxylic acids is 1. The van der Waals surface area contributed by atoms with E-state index in [0.29, 0.717) is 18.7 Å². The van der Waals surface area contributed by atoms with E-state index in [2.05, 4.69) is 5.32 Å². The Morgan fingerprint density at radius 2 is 1.84 bits per heavy atom. The summed E-state index contributed by atoms with van der Waals surface area (Å²) in [6.45, 7) is 0.303. The highest BCUT2D eigenvalue weighted by Crippen LogP contribution is 2.33. The quantitative estimate of drug-likeness (QED) is 0.479. The lowest BCUT2D eigenvalue weighted by Gasteiger charge is -2.20. The Bertz CT molecular complexity index is 1310. The van der Waals surface area contributed by atoms with Gasteiger partial charge in [0.15, 0.2) is 0 Å². The van der Waals surface area contributed by atoms with Crippen molar-refractivity contribution in [1.29, 1.82) is 0 Å². The predicted molar refractivity (Wildman–Crippen MR) is 112 cm³/mol. The molecule has 0 radical (unpaired) electrons. The minimum absolute atomic E-state index is 0.0137. The van der Waals surface area contributed by atoms with Crippen LogP contribution in [-0.2, 0) is 16.4 Å². The first-order valence-corrected chi connectivity index (χ1v) is 10.7. The highest BCUT2D eigenvalue weighted by molar-refractivity contribution is 7.92. The van der Waals surface area contributed by atoms with Crippen LogP contribution in [0.4, 0.5) is 21.5 Å². The molecular weight excluding hydrogens is 425 g/mol. The molecule has 0 saturated heterocycles.